The number of aromatic nitrogens is 2. The van der Waals surface area contributed by atoms with Crippen LogP contribution in [0.4, 0.5) is 17.5 Å². The van der Waals surface area contributed by atoms with Gasteiger partial charge >= 0.3 is 0 Å². The van der Waals surface area contributed by atoms with Crippen molar-refractivity contribution in [3.63, 3.8) is 0 Å². The van der Waals surface area contributed by atoms with Gasteiger partial charge in [-0.3, -0.25) is 0 Å². The molecule has 0 atom stereocenters. The number of hydrogen-bond acceptors (Lipinski definition) is 7. The Morgan fingerprint density at radius 2 is 1.52 bits per heavy atom. The molecule has 0 saturated heterocycles. The van der Waals surface area contributed by atoms with E-state index in [0.717, 1.165) is 33.7 Å². The first-order valence-corrected chi connectivity index (χ1v) is 9.83. The van der Waals surface area contributed by atoms with Gasteiger partial charge in [0.05, 0.1) is 32.5 Å². The lowest BCUT2D eigenvalue weighted by Gasteiger charge is -2.14. The third-order valence-electron chi connectivity index (χ3n) is 4.88. The van der Waals surface area contributed by atoms with Crippen molar-refractivity contribution in [2.75, 3.05) is 32.0 Å². The number of ether oxygens (including phenoxy) is 3. The molecule has 3 aromatic carbocycles. The highest BCUT2D eigenvalue weighted by Gasteiger charge is 2.11. The molecule has 1 aromatic heterocycles. The molecule has 0 bridgehead atoms. The fourth-order valence-electron chi connectivity index (χ4n) is 3.23. The molecular formula is C24H24N4O3. The summed E-state index contributed by atoms with van der Waals surface area (Å²) >= 11 is 0. The van der Waals surface area contributed by atoms with Crippen LogP contribution in [-0.4, -0.2) is 31.3 Å². The molecule has 0 aliphatic carbocycles. The Bertz CT molecular complexity index is 1180. The molecule has 0 aliphatic rings. The Kier molecular flexibility index (Phi) is 6.03. The van der Waals surface area contributed by atoms with Gasteiger partial charge in [0.2, 0.25) is 5.95 Å². The van der Waals surface area contributed by atoms with Gasteiger partial charge in [0.15, 0.2) is 0 Å². The summed E-state index contributed by atoms with van der Waals surface area (Å²) in [6.45, 7) is 0.618. The summed E-state index contributed by atoms with van der Waals surface area (Å²) in [6, 6.07) is 21.4. The van der Waals surface area contributed by atoms with Crippen LogP contribution in [0.15, 0.2) is 66.7 Å². The summed E-state index contributed by atoms with van der Waals surface area (Å²) in [5, 5.41) is 7.63. The zero-order valence-electron chi connectivity index (χ0n) is 17.7. The van der Waals surface area contributed by atoms with E-state index in [1.807, 2.05) is 66.7 Å². The molecule has 0 radical (unpaired) electrons. The van der Waals surface area contributed by atoms with E-state index >= 15 is 0 Å². The van der Waals surface area contributed by atoms with Gasteiger partial charge in [-0.25, -0.2) is 4.98 Å². The smallest absolute Gasteiger partial charge is 0.229 e. The minimum absolute atomic E-state index is 0.461. The van der Waals surface area contributed by atoms with Crippen LogP contribution in [0.3, 0.4) is 0 Å². The molecule has 4 rings (SSSR count). The van der Waals surface area contributed by atoms with Gasteiger partial charge < -0.3 is 24.8 Å². The zero-order chi connectivity index (χ0) is 21.6. The van der Waals surface area contributed by atoms with Crippen LogP contribution < -0.4 is 24.8 Å². The molecule has 1 heterocycles. The quantitative estimate of drug-likeness (QED) is 0.418. The molecule has 7 heteroatoms. The molecule has 31 heavy (non-hydrogen) atoms. The Hall–Kier alpha value is -4.00. The van der Waals surface area contributed by atoms with Crippen molar-refractivity contribution in [3.05, 3.63) is 72.3 Å². The van der Waals surface area contributed by atoms with Gasteiger partial charge in [0.25, 0.3) is 0 Å². The third-order valence-corrected chi connectivity index (χ3v) is 4.88. The van der Waals surface area contributed by atoms with Crippen molar-refractivity contribution in [2.45, 2.75) is 6.54 Å². The lowest BCUT2D eigenvalue weighted by Crippen LogP contribution is -2.06. The monoisotopic (exact) mass is 416 g/mol. The first-order valence-electron chi connectivity index (χ1n) is 9.83. The molecule has 0 fully saturated rings. The zero-order valence-corrected chi connectivity index (χ0v) is 17.7. The van der Waals surface area contributed by atoms with E-state index in [0.29, 0.717) is 24.0 Å². The molecule has 2 N–H and O–H groups in total. The highest BCUT2D eigenvalue weighted by atomic mass is 16.5. The molecule has 7 nitrogen and oxygen atoms in total. The van der Waals surface area contributed by atoms with E-state index in [1.165, 1.54) is 0 Å². The normalized spacial score (nSPS) is 10.5. The van der Waals surface area contributed by atoms with E-state index in [4.69, 9.17) is 19.2 Å². The van der Waals surface area contributed by atoms with Crippen molar-refractivity contribution in [1.82, 2.24) is 9.97 Å². The van der Waals surface area contributed by atoms with Crippen LogP contribution >= 0.6 is 0 Å². The largest absolute Gasteiger partial charge is 0.497 e. The highest BCUT2D eigenvalue weighted by Crippen LogP contribution is 2.32. The van der Waals surface area contributed by atoms with Gasteiger partial charge in [0.1, 0.15) is 23.1 Å². The molecular weight excluding hydrogens is 392 g/mol. The fourth-order valence-corrected chi connectivity index (χ4v) is 3.23. The number of benzene rings is 3. The van der Waals surface area contributed by atoms with Crippen molar-refractivity contribution < 1.29 is 14.2 Å². The minimum atomic E-state index is 0.461. The summed E-state index contributed by atoms with van der Waals surface area (Å²) in [6.07, 6.45) is 0. The van der Waals surface area contributed by atoms with Gasteiger partial charge in [-0.15, -0.1) is 0 Å². The highest BCUT2D eigenvalue weighted by molar-refractivity contribution is 5.90. The lowest BCUT2D eigenvalue weighted by molar-refractivity contribution is 0.405. The van der Waals surface area contributed by atoms with E-state index in [2.05, 4.69) is 15.6 Å². The summed E-state index contributed by atoms with van der Waals surface area (Å²) in [4.78, 5) is 9.39. The molecule has 0 saturated carbocycles. The van der Waals surface area contributed by atoms with Crippen molar-refractivity contribution in [1.29, 1.82) is 0 Å². The second-order valence-electron chi connectivity index (χ2n) is 6.81. The van der Waals surface area contributed by atoms with Gasteiger partial charge in [-0.05, 0) is 42.0 Å². The van der Waals surface area contributed by atoms with Crippen LogP contribution in [0, 0.1) is 0 Å². The lowest BCUT2D eigenvalue weighted by atomic mass is 10.2. The van der Waals surface area contributed by atoms with Crippen LogP contribution in [0.25, 0.3) is 10.9 Å². The first kappa shape index (κ1) is 20.3. The van der Waals surface area contributed by atoms with E-state index in [1.54, 1.807) is 21.3 Å². The second-order valence-corrected chi connectivity index (χ2v) is 6.81. The fraction of sp³-hybridized carbons (Fsp3) is 0.167. The Morgan fingerprint density at radius 3 is 2.26 bits per heavy atom. The number of para-hydroxylation sites is 1. The number of nitrogens with zero attached hydrogens (tertiary/aromatic N) is 2. The number of nitrogens with one attached hydrogen (secondary N) is 2. The van der Waals surface area contributed by atoms with Crippen LogP contribution in [0.2, 0.25) is 0 Å². The standard InChI is InChI=1S/C24H24N4O3/c1-29-17-10-8-16(9-11-17)15-25-23-19-6-4-5-7-20(19)26-24(28-23)27-21-14-18(30-2)12-13-22(21)31-3/h4-14H,15H2,1-3H3,(H2,25,26,27,28). The van der Waals surface area contributed by atoms with Gasteiger partial charge in [-0.2, -0.15) is 4.98 Å². The topological polar surface area (TPSA) is 77.5 Å². The molecule has 4 aromatic rings. The van der Waals surface area contributed by atoms with Crippen molar-refractivity contribution in [2.24, 2.45) is 0 Å². The summed E-state index contributed by atoms with van der Waals surface area (Å²) in [5.41, 5.74) is 2.67. The van der Waals surface area contributed by atoms with E-state index in [-0.39, 0.29) is 0 Å². The molecule has 0 aliphatic heterocycles. The second kappa shape index (κ2) is 9.21. The number of anilines is 3. The Labute approximate surface area is 181 Å². The average molecular weight is 416 g/mol. The summed E-state index contributed by atoms with van der Waals surface area (Å²) in [7, 11) is 4.90. The van der Waals surface area contributed by atoms with Crippen LogP contribution in [0.5, 0.6) is 17.2 Å². The molecule has 158 valence electrons. The maximum atomic E-state index is 5.46. The maximum Gasteiger partial charge on any atom is 0.229 e. The average Bonchev–Trinajstić information content (AvgIpc) is 2.82. The first-order chi connectivity index (χ1) is 15.2. The van der Waals surface area contributed by atoms with Crippen molar-refractivity contribution >= 4 is 28.4 Å². The minimum Gasteiger partial charge on any atom is -0.497 e. The maximum absolute atomic E-state index is 5.46. The predicted molar refractivity (Wildman–Crippen MR) is 123 cm³/mol. The SMILES string of the molecule is COc1ccc(CNc2nc(Nc3cc(OC)ccc3OC)nc3ccccc23)cc1. The van der Waals surface area contributed by atoms with Gasteiger partial charge in [0, 0.05) is 18.0 Å². The number of methoxy groups -OCH3 is 3. The summed E-state index contributed by atoms with van der Waals surface area (Å²) in [5.74, 6) is 3.41. The van der Waals surface area contributed by atoms with Crippen molar-refractivity contribution in [3.8, 4) is 17.2 Å². The van der Waals surface area contributed by atoms with Crippen LogP contribution in [-0.2, 0) is 6.54 Å². The number of hydrogen-bond donors (Lipinski definition) is 2. The molecule has 0 amide bonds. The predicted octanol–water partition coefficient (Wildman–Crippen LogP) is 5.01. The van der Waals surface area contributed by atoms with E-state index < -0.39 is 0 Å². The Morgan fingerprint density at radius 1 is 0.774 bits per heavy atom. The molecule has 0 spiro atoms. The molecule has 0 unspecified atom stereocenters. The van der Waals surface area contributed by atoms with Crippen LogP contribution in [0.1, 0.15) is 5.56 Å². The Balaban J connectivity index is 1.64. The third kappa shape index (κ3) is 4.61. The van der Waals surface area contributed by atoms with E-state index in [9.17, 15) is 0 Å². The van der Waals surface area contributed by atoms with Gasteiger partial charge in [-0.1, -0.05) is 24.3 Å². The summed E-state index contributed by atoms with van der Waals surface area (Å²) < 4.78 is 16.0. The number of fused-ring (bicyclic) bond motifs is 1. The number of rotatable bonds is 8.